The van der Waals surface area contributed by atoms with Crippen LogP contribution in [0.4, 0.5) is 10.5 Å². The molecule has 132 valence electrons. The highest BCUT2D eigenvalue weighted by Crippen LogP contribution is 2.25. The molecule has 2 amide bonds. The van der Waals surface area contributed by atoms with E-state index in [9.17, 15) is 4.79 Å². The third-order valence-electron chi connectivity index (χ3n) is 4.41. The molecule has 1 heterocycles. The van der Waals surface area contributed by atoms with Gasteiger partial charge >= 0.3 is 6.03 Å². The molecule has 1 aliphatic carbocycles. The van der Waals surface area contributed by atoms with Gasteiger partial charge in [0, 0.05) is 29.8 Å². The number of para-hydroxylation sites is 2. The van der Waals surface area contributed by atoms with E-state index in [1.54, 1.807) is 0 Å². The lowest BCUT2D eigenvalue weighted by atomic mass is 10.1. The first kappa shape index (κ1) is 16.4. The molecule has 1 aromatic heterocycles. The quantitative estimate of drug-likeness (QED) is 0.629. The number of aliphatic hydroxyl groups excluding tert-OH is 1. The van der Waals surface area contributed by atoms with Gasteiger partial charge in [0.2, 0.25) is 5.89 Å². The third kappa shape index (κ3) is 3.45. The number of aliphatic hydroxyl groups is 1. The Morgan fingerprint density at radius 3 is 2.69 bits per heavy atom. The molecule has 0 bridgehead atoms. The molecule has 6 heteroatoms. The normalized spacial score (nSPS) is 19.0. The van der Waals surface area contributed by atoms with Crippen LogP contribution < -0.4 is 10.6 Å². The first-order chi connectivity index (χ1) is 12.7. The third-order valence-corrected chi connectivity index (χ3v) is 4.41. The van der Waals surface area contributed by atoms with Crippen LogP contribution in [0.15, 0.2) is 65.1 Å². The minimum Gasteiger partial charge on any atom is -0.436 e. The van der Waals surface area contributed by atoms with E-state index in [1.165, 1.54) is 0 Å². The lowest BCUT2D eigenvalue weighted by molar-refractivity contribution is 0.238. The van der Waals surface area contributed by atoms with Crippen molar-refractivity contribution < 1.29 is 14.3 Å². The van der Waals surface area contributed by atoms with Crippen molar-refractivity contribution in [2.24, 2.45) is 5.92 Å². The predicted molar refractivity (Wildman–Crippen MR) is 99.7 cm³/mol. The van der Waals surface area contributed by atoms with Gasteiger partial charge in [-0.15, -0.1) is 0 Å². The molecule has 2 aromatic carbocycles. The van der Waals surface area contributed by atoms with Crippen molar-refractivity contribution in [3.63, 3.8) is 0 Å². The van der Waals surface area contributed by atoms with Crippen molar-refractivity contribution in [3.8, 4) is 11.5 Å². The smallest absolute Gasteiger partial charge is 0.319 e. The lowest BCUT2D eigenvalue weighted by Crippen LogP contribution is -2.36. The Kier molecular flexibility index (Phi) is 4.41. The predicted octanol–water partition coefficient (Wildman–Crippen LogP) is 3.55. The van der Waals surface area contributed by atoms with Crippen molar-refractivity contribution in [2.45, 2.75) is 12.5 Å². The SMILES string of the molecule is O=C(Nc1ccc(-c2nc3ccccc3o2)cc1)N[C@@H]1C=C[C@H](CO)C1. The van der Waals surface area contributed by atoms with E-state index in [2.05, 4.69) is 15.6 Å². The molecule has 0 saturated heterocycles. The number of oxazole rings is 1. The largest absolute Gasteiger partial charge is 0.436 e. The van der Waals surface area contributed by atoms with Crippen LogP contribution in [-0.4, -0.2) is 28.8 Å². The monoisotopic (exact) mass is 349 g/mol. The second-order valence-corrected chi connectivity index (χ2v) is 6.33. The fourth-order valence-electron chi connectivity index (χ4n) is 3.04. The number of rotatable bonds is 4. The van der Waals surface area contributed by atoms with Crippen LogP contribution in [0.2, 0.25) is 0 Å². The fourth-order valence-corrected chi connectivity index (χ4v) is 3.04. The maximum atomic E-state index is 12.1. The van der Waals surface area contributed by atoms with Crippen molar-refractivity contribution in [1.82, 2.24) is 10.3 Å². The van der Waals surface area contributed by atoms with Crippen molar-refractivity contribution in [1.29, 1.82) is 0 Å². The van der Waals surface area contributed by atoms with Gasteiger partial charge in [-0.1, -0.05) is 24.3 Å². The summed E-state index contributed by atoms with van der Waals surface area (Å²) in [5, 5.41) is 14.8. The summed E-state index contributed by atoms with van der Waals surface area (Å²) in [7, 11) is 0. The number of nitrogens with zero attached hydrogens (tertiary/aromatic N) is 1. The van der Waals surface area contributed by atoms with E-state index in [4.69, 9.17) is 9.52 Å². The second-order valence-electron chi connectivity index (χ2n) is 6.33. The van der Waals surface area contributed by atoms with Crippen LogP contribution in [-0.2, 0) is 0 Å². The van der Waals surface area contributed by atoms with Crippen LogP contribution in [0.25, 0.3) is 22.6 Å². The summed E-state index contributed by atoms with van der Waals surface area (Å²) in [6.07, 6.45) is 4.57. The maximum Gasteiger partial charge on any atom is 0.319 e. The molecule has 3 N–H and O–H groups in total. The molecule has 0 unspecified atom stereocenters. The molecule has 0 spiro atoms. The van der Waals surface area contributed by atoms with Crippen LogP contribution in [0.5, 0.6) is 0 Å². The van der Waals surface area contributed by atoms with Gasteiger partial charge in [0.25, 0.3) is 0 Å². The van der Waals surface area contributed by atoms with E-state index in [-0.39, 0.29) is 24.6 Å². The number of carbonyl (C=O) groups is 1. The van der Waals surface area contributed by atoms with Crippen molar-refractivity contribution in [2.75, 3.05) is 11.9 Å². The summed E-state index contributed by atoms with van der Waals surface area (Å²) in [4.78, 5) is 16.5. The molecule has 0 radical (unpaired) electrons. The van der Waals surface area contributed by atoms with Gasteiger partial charge in [-0.25, -0.2) is 9.78 Å². The zero-order chi connectivity index (χ0) is 17.9. The van der Waals surface area contributed by atoms with E-state index in [0.29, 0.717) is 11.6 Å². The Hall–Kier alpha value is -3.12. The molecule has 0 fully saturated rings. The van der Waals surface area contributed by atoms with Gasteiger partial charge in [0.1, 0.15) is 5.52 Å². The molecule has 3 aromatic rings. The first-order valence-electron chi connectivity index (χ1n) is 8.54. The number of hydrogen-bond acceptors (Lipinski definition) is 4. The van der Waals surface area contributed by atoms with Crippen LogP contribution >= 0.6 is 0 Å². The molecule has 2 atom stereocenters. The lowest BCUT2D eigenvalue weighted by Gasteiger charge is -2.13. The number of carbonyl (C=O) groups excluding carboxylic acids is 1. The van der Waals surface area contributed by atoms with E-state index in [0.717, 1.165) is 23.1 Å². The Morgan fingerprint density at radius 1 is 1.15 bits per heavy atom. The summed E-state index contributed by atoms with van der Waals surface area (Å²) < 4.78 is 5.75. The zero-order valence-electron chi connectivity index (χ0n) is 14.1. The Morgan fingerprint density at radius 2 is 1.96 bits per heavy atom. The highest BCUT2D eigenvalue weighted by atomic mass is 16.3. The number of anilines is 1. The number of urea groups is 1. The number of aromatic nitrogens is 1. The number of hydrogen-bond donors (Lipinski definition) is 3. The molecule has 4 rings (SSSR count). The highest BCUT2D eigenvalue weighted by Gasteiger charge is 2.19. The average Bonchev–Trinajstić information content (AvgIpc) is 3.28. The number of nitrogens with one attached hydrogen (secondary N) is 2. The van der Waals surface area contributed by atoms with Crippen LogP contribution in [0.1, 0.15) is 6.42 Å². The molecule has 26 heavy (non-hydrogen) atoms. The summed E-state index contributed by atoms with van der Waals surface area (Å²) >= 11 is 0. The van der Waals surface area contributed by atoms with Gasteiger partial charge in [0.05, 0.1) is 0 Å². The molecular formula is C20H19N3O3. The van der Waals surface area contributed by atoms with Gasteiger partial charge in [-0.05, 0) is 42.8 Å². The van der Waals surface area contributed by atoms with Gasteiger partial charge in [-0.3, -0.25) is 0 Å². The number of fused-ring (bicyclic) bond motifs is 1. The Bertz CT molecular complexity index is 913. The van der Waals surface area contributed by atoms with E-state index >= 15 is 0 Å². The minimum atomic E-state index is -0.271. The summed E-state index contributed by atoms with van der Waals surface area (Å²) in [6.45, 7) is 0.105. The van der Waals surface area contributed by atoms with E-state index in [1.807, 2.05) is 60.7 Å². The number of benzene rings is 2. The van der Waals surface area contributed by atoms with Crippen LogP contribution in [0, 0.1) is 5.92 Å². The fraction of sp³-hybridized carbons (Fsp3) is 0.200. The zero-order valence-corrected chi connectivity index (χ0v) is 14.1. The highest BCUT2D eigenvalue weighted by molar-refractivity contribution is 5.90. The second kappa shape index (κ2) is 7.01. The molecule has 1 aliphatic rings. The summed E-state index contributed by atoms with van der Waals surface area (Å²) in [5.41, 5.74) is 3.09. The molecular weight excluding hydrogens is 330 g/mol. The van der Waals surface area contributed by atoms with Gasteiger partial charge in [0.15, 0.2) is 5.58 Å². The number of amides is 2. The topological polar surface area (TPSA) is 87.4 Å². The summed E-state index contributed by atoms with van der Waals surface area (Å²) in [6, 6.07) is 14.6. The molecule has 0 saturated carbocycles. The maximum absolute atomic E-state index is 12.1. The molecule has 0 aliphatic heterocycles. The van der Waals surface area contributed by atoms with E-state index < -0.39 is 0 Å². The van der Waals surface area contributed by atoms with Gasteiger partial charge in [-0.2, -0.15) is 0 Å². The van der Waals surface area contributed by atoms with Crippen LogP contribution in [0.3, 0.4) is 0 Å². The first-order valence-corrected chi connectivity index (χ1v) is 8.54. The Balaban J connectivity index is 1.40. The van der Waals surface area contributed by atoms with Crippen molar-refractivity contribution >= 4 is 22.8 Å². The summed E-state index contributed by atoms with van der Waals surface area (Å²) in [5.74, 6) is 0.671. The Labute approximate surface area is 150 Å². The molecule has 6 nitrogen and oxygen atoms in total. The minimum absolute atomic E-state index is 0.0498. The standard InChI is InChI=1S/C20H19N3O3/c24-12-13-5-8-16(11-13)22-20(25)21-15-9-6-14(7-10-15)19-23-17-3-1-2-4-18(17)26-19/h1-10,13,16,24H,11-12H2,(H2,21,22,25)/t13-,16+/m0/s1. The average molecular weight is 349 g/mol. The van der Waals surface area contributed by atoms with Gasteiger partial charge < -0.3 is 20.2 Å². The van der Waals surface area contributed by atoms with Crippen molar-refractivity contribution in [3.05, 3.63) is 60.7 Å².